The van der Waals surface area contributed by atoms with Crippen molar-refractivity contribution in [2.24, 2.45) is 10.2 Å². The van der Waals surface area contributed by atoms with Crippen molar-refractivity contribution in [3.63, 3.8) is 0 Å². The summed E-state index contributed by atoms with van der Waals surface area (Å²) in [4.78, 5) is 12.0. The maximum atomic E-state index is 12.0. The monoisotopic (exact) mass is 332 g/mol. The Morgan fingerprint density at radius 2 is 1.87 bits per heavy atom. The zero-order valence-electron chi connectivity index (χ0n) is 13.1. The molecule has 0 aliphatic carbocycles. The highest BCUT2D eigenvalue weighted by atomic mass is 35.5. The van der Waals surface area contributed by atoms with Gasteiger partial charge in [-0.15, -0.1) is 5.11 Å². The number of esters is 1. The summed E-state index contributed by atoms with van der Waals surface area (Å²) in [6.45, 7) is 5.43. The van der Waals surface area contributed by atoms with Crippen LogP contribution in [-0.4, -0.2) is 17.7 Å². The third-order valence-corrected chi connectivity index (χ3v) is 3.54. The molecular formula is C17H17ClN2O3. The number of carbonyl (C=O) groups excluding carboxylic acids is 1. The number of carbonyl (C=O) groups is 1. The fourth-order valence-corrected chi connectivity index (χ4v) is 2.31. The van der Waals surface area contributed by atoms with Crippen molar-refractivity contribution in [2.75, 3.05) is 6.61 Å². The van der Waals surface area contributed by atoms with E-state index in [1.165, 1.54) is 6.07 Å². The second-order valence-corrected chi connectivity index (χ2v) is 5.39. The fraction of sp³-hybridized carbons (Fsp3) is 0.235. The van der Waals surface area contributed by atoms with Crippen LogP contribution in [0.25, 0.3) is 0 Å². The molecule has 0 radical (unpaired) electrons. The minimum atomic E-state index is -0.578. The number of halogens is 1. The molecule has 5 nitrogen and oxygen atoms in total. The van der Waals surface area contributed by atoms with Gasteiger partial charge >= 0.3 is 5.97 Å². The van der Waals surface area contributed by atoms with Crippen LogP contribution >= 0.6 is 11.6 Å². The molecule has 23 heavy (non-hydrogen) atoms. The summed E-state index contributed by atoms with van der Waals surface area (Å²) in [5.41, 5.74) is 2.52. The maximum Gasteiger partial charge on any atom is 0.342 e. The number of rotatable bonds is 4. The number of benzene rings is 2. The molecule has 0 spiro atoms. The Hall–Kier alpha value is -2.40. The minimum Gasteiger partial charge on any atom is -0.507 e. The Morgan fingerprint density at radius 1 is 1.22 bits per heavy atom. The van der Waals surface area contributed by atoms with E-state index in [4.69, 9.17) is 16.3 Å². The van der Waals surface area contributed by atoms with Crippen LogP contribution in [0.3, 0.4) is 0 Å². The van der Waals surface area contributed by atoms with Crippen molar-refractivity contribution >= 4 is 28.9 Å². The van der Waals surface area contributed by atoms with Crippen molar-refractivity contribution in [3.05, 3.63) is 52.0 Å². The van der Waals surface area contributed by atoms with Gasteiger partial charge < -0.3 is 9.84 Å². The first-order valence-corrected chi connectivity index (χ1v) is 7.49. The summed E-state index contributed by atoms with van der Waals surface area (Å²) >= 11 is 5.83. The molecule has 0 aliphatic heterocycles. The molecule has 0 aliphatic rings. The zero-order valence-corrected chi connectivity index (χ0v) is 13.9. The van der Waals surface area contributed by atoms with Crippen LogP contribution in [0.15, 0.2) is 40.6 Å². The highest BCUT2D eigenvalue weighted by molar-refractivity contribution is 6.30. The van der Waals surface area contributed by atoms with E-state index >= 15 is 0 Å². The van der Waals surface area contributed by atoms with Crippen molar-refractivity contribution in [2.45, 2.75) is 20.8 Å². The van der Waals surface area contributed by atoms with Gasteiger partial charge in [0.25, 0.3) is 0 Å². The predicted molar refractivity (Wildman–Crippen MR) is 89.2 cm³/mol. The largest absolute Gasteiger partial charge is 0.507 e. The lowest BCUT2D eigenvalue weighted by atomic mass is 10.0. The summed E-state index contributed by atoms with van der Waals surface area (Å²) in [7, 11) is 0. The highest BCUT2D eigenvalue weighted by Gasteiger charge is 2.20. The van der Waals surface area contributed by atoms with Crippen LogP contribution < -0.4 is 0 Å². The molecule has 0 saturated heterocycles. The average Bonchev–Trinajstić information content (AvgIpc) is 2.48. The lowest BCUT2D eigenvalue weighted by Gasteiger charge is -2.11. The Morgan fingerprint density at radius 3 is 2.48 bits per heavy atom. The van der Waals surface area contributed by atoms with E-state index in [9.17, 15) is 9.90 Å². The smallest absolute Gasteiger partial charge is 0.342 e. The maximum absolute atomic E-state index is 12.0. The van der Waals surface area contributed by atoms with Crippen LogP contribution in [0.1, 0.15) is 28.4 Å². The number of phenols is 1. The number of hydrogen-bond acceptors (Lipinski definition) is 5. The predicted octanol–water partition coefficient (Wildman–Crippen LogP) is 5.25. The van der Waals surface area contributed by atoms with Crippen LogP contribution in [0.5, 0.6) is 5.75 Å². The molecule has 0 unspecified atom stereocenters. The molecule has 2 rings (SSSR count). The molecule has 0 heterocycles. The summed E-state index contributed by atoms with van der Waals surface area (Å²) in [5, 5.41) is 19.0. The fourth-order valence-electron chi connectivity index (χ4n) is 2.18. The lowest BCUT2D eigenvalue weighted by molar-refractivity contribution is 0.0522. The third kappa shape index (κ3) is 3.87. The first kappa shape index (κ1) is 17.0. The second-order valence-electron chi connectivity index (χ2n) is 4.96. The highest BCUT2D eigenvalue weighted by Crippen LogP contribution is 2.34. The second kappa shape index (κ2) is 7.24. The Bertz CT molecular complexity index is 755. The molecule has 0 aromatic heterocycles. The van der Waals surface area contributed by atoms with E-state index in [0.717, 1.165) is 0 Å². The minimum absolute atomic E-state index is 0.113. The van der Waals surface area contributed by atoms with Gasteiger partial charge in [-0.1, -0.05) is 11.6 Å². The first-order valence-electron chi connectivity index (χ1n) is 7.11. The van der Waals surface area contributed by atoms with E-state index in [2.05, 4.69) is 10.2 Å². The number of ether oxygens (including phenoxy) is 1. The van der Waals surface area contributed by atoms with Crippen LogP contribution in [-0.2, 0) is 4.74 Å². The molecule has 0 atom stereocenters. The lowest BCUT2D eigenvalue weighted by Crippen LogP contribution is -2.07. The quantitative estimate of drug-likeness (QED) is 0.613. The Balaban J connectivity index is 2.44. The SMILES string of the molecule is CCOC(=O)c1c(O)cc(C)c(N=Nc2ccc(Cl)cc2)c1C. The first-order chi connectivity index (χ1) is 10.9. The normalized spacial score (nSPS) is 11.0. The number of azo groups is 1. The van der Waals surface area contributed by atoms with E-state index < -0.39 is 5.97 Å². The number of nitrogens with zero attached hydrogens (tertiary/aromatic N) is 2. The Labute approximate surface area is 139 Å². The van der Waals surface area contributed by atoms with Gasteiger partial charge in [0.15, 0.2) is 0 Å². The molecule has 0 bridgehead atoms. The molecule has 2 aromatic rings. The van der Waals surface area contributed by atoms with E-state index in [1.54, 1.807) is 45.0 Å². The number of hydrogen-bond donors (Lipinski definition) is 1. The van der Waals surface area contributed by atoms with Crippen LogP contribution in [0.2, 0.25) is 5.02 Å². The van der Waals surface area contributed by atoms with Crippen LogP contribution in [0.4, 0.5) is 11.4 Å². The molecule has 0 saturated carbocycles. The van der Waals surface area contributed by atoms with Crippen molar-refractivity contribution in [1.82, 2.24) is 0 Å². The molecule has 0 fully saturated rings. The number of phenolic OH excluding ortho intramolecular Hbond substituents is 1. The van der Waals surface area contributed by atoms with Gasteiger partial charge in [-0.05, 0) is 62.2 Å². The molecular weight excluding hydrogens is 316 g/mol. The van der Waals surface area contributed by atoms with E-state index in [-0.39, 0.29) is 17.9 Å². The van der Waals surface area contributed by atoms with Crippen molar-refractivity contribution < 1.29 is 14.6 Å². The summed E-state index contributed by atoms with van der Waals surface area (Å²) < 4.78 is 4.97. The topological polar surface area (TPSA) is 71.2 Å². The Kier molecular flexibility index (Phi) is 5.34. The summed E-state index contributed by atoms with van der Waals surface area (Å²) in [6.07, 6.45) is 0. The summed E-state index contributed by atoms with van der Waals surface area (Å²) in [5.74, 6) is -0.700. The van der Waals surface area contributed by atoms with E-state index in [1.807, 2.05) is 0 Å². The van der Waals surface area contributed by atoms with Gasteiger partial charge in [-0.2, -0.15) is 5.11 Å². The van der Waals surface area contributed by atoms with Gasteiger partial charge in [-0.3, -0.25) is 0 Å². The number of aromatic hydroxyl groups is 1. The molecule has 2 aromatic carbocycles. The van der Waals surface area contributed by atoms with Crippen molar-refractivity contribution in [1.29, 1.82) is 0 Å². The molecule has 0 amide bonds. The average molecular weight is 333 g/mol. The van der Waals surface area contributed by atoms with Gasteiger partial charge in [0.1, 0.15) is 11.3 Å². The van der Waals surface area contributed by atoms with Crippen molar-refractivity contribution in [3.8, 4) is 5.75 Å². The van der Waals surface area contributed by atoms with Gasteiger partial charge in [0.05, 0.1) is 18.0 Å². The molecule has 6 heteroatoms. The summed E-state index contributed by atoms with van der Waals surface area (Å²) in [6, 6.07) is 8.40. The van der Waals surface area contributed by atoms with E-state index in [0.29, 0.717) is 27.5 Å². The van der Waals surface area contributed by atoms with Gasteiger partial charge in [-0.25, -0.2) is 4.79 Å². The number of aryl methyl sites for hydroxylation is 1. The van der Waals surface area contributed by atoms with Gasteiger partial charge in [0, 0.05) is 5.02 Å². The zero-order chi connectivity index (χ0) is 17.0. The standard InChI is InChI=1S/C17H17ClN2O3/c1-4-23-17(22)15-11(3)16(10(2)9-14(15)21)20-19-13-7-5-12(18)6-8-13/h5-9,21H,4H2,1-3H3. The third-order valence-electron chi connectivity index (χ3n) is 3.28. The van der Waals surface area contributed by atoms with Gasteiger partial charge in [0.2, 0.25) is 0 Å². The molecule has 120 valence electrons. The molecule has 1 N–H and O–H groups in total. The van der Waals surface area contributed by atoms with Crippen LogP contribution in [0, 0.1) is 13.8 Å².